The van der Waals surface area contributed by atoms with Crippen molar-refractivity contribution in [2.75, 3.05) is 0 Å². The number of hydrogen-bond acceptors (Lipinski definition) is 14. The van der Waals surface area contributed by atoms with Crippen molar-refractivity contribution in [1.82, 2.24) is 0 Å². The zero-order chi connectivity index (χ0) is 24.7. The second-order valence-electron chi connectivity index (χ2n) is 7.50. The molecular formula is C18H6O14S3. The van der Waals surface area contributed by atoms with Gasteiger partial charge in [0.1, 0.15) is 0 Å². The molecule has 3 heterocycles. The molecule has 0 bridgehead atoms. The fraction of sp³-hybridized carbons (Fsp3) is 0.0556. The number of benzene rings is 4. The van der Waals surface area contributed by atoms with Crippen molar-refractivity contribution in [3.8, 4) is 40.2 Å². The van der Waals surface area contributed by atoms with Crippen molar-refractivity contribution >= 4 is 69.5 Å². The van der Waals surface area contributed by atoms with E-state index < -0.39 is 60.2 Å². The summed E-state index contributed by atoms with van der Waals surface area (Å²) in [7, 11) is -13.9. The predicted molar refractivity (Wildman–Crippen MR) is 112 cm³/mol. The molecule has 0 aromatic heterocycles. The summed E-state index contributed by atoms with van der Waals surface area (Å²) in [6.07, 6.45) is 0. The molecule has 17 heteroatoms. The van der Waals surface area contributed by atoms with E-state index in [4.69, 9.17) is 29.8 Å². The molecule has 4 aromatic carbocycles. The number of rotatable bonds is 1. The van der Waals surface area contributed by atoms with Crippen LogP contribution in [-0.4, -0.2) is 31.2 Å². The maximum atomic E-state index is 12.3. The van der Waals surface area contributed by atoms with Gasteiger partial charge in [0.25, 0.3) is 0 Å². The van der Waals surface area contributed by atoms with Crippen molar-refractivity contribution in [2.24, 2.45) is 0 Å². The third-order valence-electron chi connectivity index (χ3n) is 5.38. The van der Waals surface area contributed by atoms with Gasteiger partial charge in [0.2, 0.25) is 28.7 Å². The lowest BCUT2D eigenvalue weighted by Gasteiger charge is -2.17. The van der Waals surface area contributed by atoms with Crippen LogP contribution >= 0.6 is 0 Å². The van der Waals surface area contributed by atoms with Crippen LogP contribution in [0.5, 0.6) is 40.2 Å². The van der Waals surface area contributed by atoms with E-state index in [1.54, 1.807) is 0 Å². The molecule has 3 aliphatic rings. The first-order valence-electron chi connectivity index (χ1n) is 9.33. The minimum atomic E-state index is -4.71. The minimum Gasteiger partial charge on any atom is -0.422 e. The van der Waals surface area contributed by atoms with Crippen LogP contribution in [0.3, 0.4) is 0 Å². The molecule has 0 N–H and O–H groups in total. The lowest BCUT2D eigenvalue weighted by Crippen LogP contribution is -2.09. The Morgan fingerprint density at radius 2 is 1.17 bits per heavy atom. The SMILES string of the molecule is CC(=O)Oc1c2c(c3c4c(c5c6c(cc7ccc1c3c75)OS(=O)(=O)O6)OS(=O)(=O)O4)OS(=O)(=O)O2. The van der Waals surface area contributed by atoms with Crippen LogP contribution < -0.4 is 29.8 Å². The van der Waals surface area contributed by atoms with E-state index >= 15 is 0 Å². The molecule has 0 spiro atoms. The highest BCUT2D eigenvalue weighted by Gasteiger charge is 2.45. The van der Waals surface area contributed by atoms with E-state index in [2.05, 4.69) is 0 Å². The smallest absolute Gasteiger partial charge is 0.422 e. The minimum absolute atomic E-state index is 0.0864. The van der Waals surface area contributed by atoms with Gasteiger partial charge in [0, 0.05) is 23.1 Å². The average molecular weight is 542 g/mol. The van der Waals surface area contributed by atoms with Gasteiger partial charge in [-0.3, -0.25) is 4.79 Å². The fourth-order valence-electron chi connectivity index (χ4n) is 4.39. The molecule has 0 amide bonds. The highest BCUT2D eigenvalue weighted by molar-refractivity contribution is 7.83. The average Bonchev–Trinajstić information content (AvgIpc) is 3.33. The quantitative estimate of drug-likeness (QED) is 0.192. The summed E-state index contributed by atoms with van der Waals surface area (Å²) in [5, 5.41) is 0.266. The maximum Gasteiger partial charge on any atom is 0.501 e. The van der Waals surface area contributed by atoms with E-state index in [-0.39, 0.29) is 44.2 Å². The molecule has 180 valence electrons. The van der Waals surface area contributed by atoms with Gasteiger partial charge in [-0.1, -0.05) is 6.07 Å². The molecule has 0 aliphatic carbocycles. The van der Waals surface area contributed by atoms with Crippen LogP contribution in [0.4, 0.5) is 0 Å². The van der Waals surface area contributed by atoms with Crippen LogP contribution in [0.1, 0.15) is 6.92 Å². The van der Waals surface area contributed by atoms with Crippen LogP contribution in [0, 0.1) is 0 Å². The standard InChI is InChI=1S/C18H6O14S3/c1-5(19)26-13-7-3-2-6-4-8-14(28-33(20,21)27-8)11-9(6)10(7)12(16-15(11)29-34(22,23)30-16)17-18(13)32-35(24,25)31-17/h2-4H,1H3. The third-order valence-corrected chi connectivity index (χ3v) is 7.62. The van der Waals surface area contributed by atoms with E-state index in [0.717, 1.165) is 6.92 Å². The summed E-state index contributed by atoms with van der Waals surface area (Å²) in [5.74, 6) is -3.87. The topological polar surface area (TPSA) is 184 Å². The summed E-state index contributed by atoms with van der Waals surface area (Å²) in [5.41, 5.74) is 0. The lowest BCUT2D eigenvalue weighted by molar-refractivity contribution is -0.131. The fourth-order valence-corrected chi connectivity index (χ4v) is 6.65. The molecule has 0 atom stereocenters. The molecule has 0 saturated carbocycles. The molecule has 35 heavy (non-hydrogen) atoms. The van der Waals surface area contributed by atoms with Crippen molar-refractivity contribution < 1.29 is 59.9 Å². The number of carbonyl (C=O) groups excluding carboxylic acids is 1. The number of esters is 1. The number of carbonyl (C=O) groups is 1. The van der Waals surface area contributed by atoms with Crippen LogP contribution in [-0.2, 0) is 36.0 Å². The van der Waals surface area contributed by atoms with Gasteiger partial charge in [0.15, 0.2) is 11.5 Å². The van der Waals surface area contributed by atoms with Gasteiger partial charge >= 0.3 is 37.2 Å². The predicted octanol–water partition coefficient (Wildman–Crippen LogP) is 1.56. The van der Waals surface area contributed by atoms with Gasteiger partial charge in [-0.15, -0.1) is 25.3 Å². The summed E-state index contributed by atoms with van der Waals surface area (Å²) in [6, 6.07) is 4.20. The Balaban J connectivity index is 1.79. The summed E-state index contributed by atoms with van der Waals surface area (Å²) in [6.45, 7) is 1.07. The highest BCUT2D eigenvalue weighted by Crippen LogP contribution is 2.63. The zero-order valence-corrected chi connectivity index (χ0v) is 19.1. The monoisotopic (exact) mass is 542 g/mol. The second-order valence-corrected chi connectivity index (χ2v) is 11.0. The Kier molecular flexibility index (Phi) is 3.39. The van der Waals surface area contributed by atoms with E-state index in [1.165, 1.54) is 18.2 Å². The Bertz CT molecular complexity index is 2040. The Labute approximate surface area is 194 Å². The molecular weight excluding hydrogens is 536 g/mol. The maximum absolute atomic E-state index is 12.3. The van der Waals surface area contributed by atoms with E-state index in [1.807, 2.05) is 0 Å². The number of ether oxygens (including phenoxy) is 1. The van der Waals surface area contributed by atoms with Crippen molar-refractivity contribution in [3.63, 3.8) is 0 Å². The van der Waals surface area contributed by atoms with Gasteiger partial charge < -0.3 is 29.8 Å². The molecule has 4 aromatic rings. The first-order chi connectivity index (χ1) is 16.3. The molecule has 3 aliphatic heterocycles. The second kappa shape index (κ2) is 5.81. The number of hydrogen-bond donors (Lipinski definition) is 0. The molecule has 0 unspecified atom stereocenters. The summed E-state index contributed by atoms with van der Waals surface area (Å²) in [4.78, 5) is 11.8. The molecule has 0 fully saturated rings. The third kappa shape index (κ3) is 2.61. The summed E-state index contributed by atoms with van der Waals surface area (Å²) >= 11 is 0. The van der Waals surface area contributed by atoms with Gasteiger partial charge in [-0.05, 0) is 17.5 Å². The molecule has 0 saturated heterocycles. The normalized spacial score (nSPS) is 19.6. The van der Waals surface area contributed by atoms with E-state index in [0.29, 0.717) is 5.39 Å². The lowest BCUT2D eigenvalue weighted by atomic mass is 9.91. The largest absolute Gasteiger partial charge is 0.501 e. The molecule has 7 rings (SSSR count). The van der Waals surface area contributed by atoms with Gasteiger partial charge in [-0.2, -0.15) is 0 Å². The molecule has 14 nitrogen and oxygen atoms in total. The number of fused-ring (bicyclic) bond motifs is 7. The van der Waals surface area contributed by atoms with Crippen LogP contribution in [0.15, 0.2) is 18.2 Å². The van der Waals surface area contributed by atoms with E-state index in [9.17, 15) is 30.0 Å². The van der Waals surface area contributed by atoms with Crippen LogP contribution in [0.2, 0.25) is 0 Å². The van der Waals surface area contributed by atoms with Gasteiger partial charge in [0.05, 0.1) is 10.8 Å². The Morgan fingerprint density at radius 3 is 1.80 bits per heavy atom. The Hall–Kier alpha value is -3.96. The summed E-state index contributed by atoms with van der Waals surface area (Å²) < 4.78 is 108. The Morgan fingerprint density at radius 1 is 0.657 bits per heavy atom. The van der Waals surface area contributed by atoms with Crippen molar-refractivity contribution in [1.29, 1.82) is 0 Å². The van der Waals surface area contributed by atoms with Crippen molar-refractivity contribution in [2.45, 2.75) is 6.92 Å². The molecule has 0 radical (unpaired) electrons. The highest BCUT2D eigenvalue weighted by atomic mass is 32.3. The van der Waals surface area contributed by atoms with Crippen molar-refractivity contribution in [3.05, 3.63) is 18.2 Å². The first-order valence-corrected chi connectivity index (χ1v) is 13.3. The van der Waals surface area contributed by atoms with Gasteiger partial charge in [-0.25, -0.2) is 0 Å². The first kappa shape index (κ1) is 20.4. The zero-order valence-electron chi connectivity index (χ0n) is 16.7. The van der Waals surface area contributed by atoms with Crippen LogP contribution in [0.25, 0.3) is 32.3 Å².